The van der Waals surface area contributed by atoms with Crippen LogP contribution in [0.3, 0.4) is 0 Å². The molecule has 0 saturated heterocycles. The van der Waals surface area contributed by atoms with Gasteiger partial charge < -0.3 is 5.11 Å². The first-order valence-electron chi connectivity index (χ1n) is 3.64. The van der Waals surface area contributed by atoms with E-state index in [1.54, 1.807) is 6.20 Å². The molecule has 0 bridgehead atoms. The highest BCUT2D eigenvalue weighted by Crippen LogP contribution is 2.13. The van der Waals surface area contributed by atoms with E-state index in [9.17, 15) is 0 Å². The average Bonchev–Trinajstić information content (AvgIpc) is 1.88. The molecule has 0 saturated carbocycles. The van der Waals surface area contributed by atoms with Crippen molar-refractivity contribution in [3.63, 3.8) is 0 Å². The molecule has 56 valence electrons. The molecule has 1 N–H and O–H groups in total. The third-order valence-electron chi connectivity index (χ3n) is 1.68. The second-order valence-electron chi connectivity index (χ2n) is 2.90. The quantitative estimate of drug-likeness (QED) is 0.594. The van der Waals surface area contributed by atoms with E-state index in [0.29, 0.717) is 11.7 Å². The first-order valence-corrected chi connectivity index (χ1v) is 3.64. The van der Waals surface area contributed by atoms with Crippen LogP contribution in [0.1, 0.15) is 26.7 Å². The van der Waals surface area contributed by atoms with Gasteiger partial charge in [-0.05, 0) is 12.3 Å². The maximum absolute atomic E-state index is 8.96. The van der Waals surface area contributed by atoms with Gasteiger partial charge in [0.25, 0.3) is 0 Å². The predicted molar refractivity (Wildman–Crippen MR) is 42.2 cm³/mol. The van der Waals surface area contributed by atoms with E-state index < -0.39 is 0 Å². The largest absolute Gasteiger partial charge is 0.511 e. The van der Waals surface area contributed by atoms with Gasteiger partial charge in [0.05, 0.1) is 6.20 Å². The van der Waals surface area contributed by atoms with E-state index >= 15 is 0 Å². The minimum Gasteiger partial charge on any atom is -0.511 e. The van der Waals surface area contributed by atoms with Crippen LogP contribution in [0, 0.1) is 5.92 Å². The average molecular weight is 139 g/mol. The fourth-order valence-electron chi connectivity index (χ4n) is 0.980. The molecule has 0 amide bonds. The molecule has 1 rings (SSSR count). The Bertz CT molecular complexity index is 180. The summed E-state index contributed by atoms with van der Waals surface area (Å²) in [5.41, 5.74) is 1.19. The van der Waals surface area contributed by atoms with Crippen LogP contribution in [-0.4, -0.2) is 10.8 Å². The second kappa shape index (κ2) is 2.86. The molecule has 0 spiro atoms. The zero-order valence-electron chi connectivity index (χ0n) is 6.46. The summed E-state index contributed by atoms with van der Waals surface area (Å²) >= 11 is 0. The molecule has 1 aliphatic heterocycles. The second-order valence-corrected chi connectivity index (χ2v) is 2.90. The number of rotatable bonds is 1. The lowest BCUT2D eigenvalue weighted by Gasteiger charge is -2.12. The molecule has 0 aliphatic carbocycles. The van der Waals surface area contributed by atoms with Crippen molar-refractivity contribution in [1.29, 1.82) is 0 Å². The number of aliphatic imine (C=N–C) groups is 1. The zero-order valence-corrected chi connectivity index (χ0v) is 6.46. The van der Waals surface area contributed by atoms with Gasteiger partial charge in [-0.25, -0.2) is 0 Å². The molecule has 0 fully saturated rings. The Labute approximate surface area is 61.3 Å². The van der Waals surface area contributed by atoms with Crippen molar-refractivity contribution in [3.8, 4) is 0 Å². The number of nitrogens with zero attached hydrogens (tertiary/aromatic N) is 1. The number of aliphatic hydroxyl groups is 1. The molecule has 1 heterocycles. The summed E-state index contributed by atoms with van der Waals surface area (Å²) in [6.07, 6.45) is 3.23. The van der Waals surface area contributed by atoms with Crippen molar-refractivity contribution in [3.05, 3.63) is 12.0 Å². The third kappa shape index (κ3) is 1.59. The van der Waals surface area contributed by atoms with Crippen LogP contribution in [0.25, 0.3) is 0 Å². The topological polar surface area (TPSA) is 32.6 Å². The van der Waals surface area contributed by atoms with Gasteiger partial charge in [-0.15, -0.1) is 0 Å². The molecular formula is C8H13NO. The first kappa shape index (κ1) is 7.32. The number of hydrogen-bond donors (Lipinski definition) is 1. The van der Waals surface area contributed by atoms with Gasteiger partial charge in [0, 0.05) is 12.1 Å². The Kier molecular flexibility index (Phi) is 2.10. The molecule has 10 heavy (non-hydrogen) atoms. The minimum absolute atomic E-state index is 0.407. The molecule has 0 aromatic rings. The summed E-state index contributed by atoms with van der Waals surface area (Å²) in [6, 6.07) is 0. The fraction of sp³-hybridized carbons (Fsp3) is 0.625. The Morgan fingerprint density at radius 3 is 2.60 bits per heavy atom. The summed E-state index contributed by atoms with van der Waals surface area (Å²) in [4.78, 5) is 4.11. The van der Waals surface area contributed by atoms with E-state index in [4.69, 9.17) is 5.11 Å². The summed E-state index contributed by atoms with van der Waals surface area (Å²) in [7, 11) is 0. The lowest BCUT2D eigenvalue weighted by molar-refractivity contribution is 0.386. The van der Waals surface area contributed by atoms with Crippen LogP contribution in [-0.2, 0) is 0 Å². The molecule has 0 radical (unpaired) electrons. The molecule has 0 aromatic heterocycles. The standard InChI is InChI=1S/C8H13NO/c1-6(2)8-4-3-7(10)5-9-8/h5-6,10H,3-4H2,1-2H3. The first-order chi connectivity index (χ1) is 4.70. The Morgan fingerprint density at radius 1 is 1.50 bits per heavy atom. The summed E-state index contributed by atoms with van der Waals surface area (Å²) in [5, 5.41) is 8.96. The van der Waals surface area contributed by atoms with Gasteiger partial charge in [-0.2, -0.15) is 0 Å². The normalized spacial score (nSPS) is 18.7. The highest BCUT2D eigenvalue weighted by molar-refractivity contribution is 5.87. The fourth-order valence-corrected chi connectivity index (χ4v) is 0.980. The summed E-state index contributed by atoms with van der Waals surface area (Å²) in [5.74, 6) is 0.925. The Morgan fingerprint density at radius 2 is 2.20 bits per heavy atom. The third-order valence-corrected chi connectivity index (χ3v) is 1.68. The van der Waals surface area contributed by atoms with Crippen LogP contribution < -0.4 is 0 Å². The Hall–Kier alpha value is -0.790. The van der Waals surface area contributed by atoms with Crippen molar-refractivity contribution in [2.24, 2.45) is 10.9 Å². The number of allylic oxidation sites excluding steroid dienone is 1. The van der Waals surface area contributed by atoms with Gasteiger partial charge in [0.2, 0.25) is 0 Å². The van der Waals surface area contributed by atoms with Crippen LogP contribution in [0.4, 0.5) is 0 Å². The summed E-state index contributed by atoms with van der Waals surface area (Å²) < 4.78 is 0. The maximum atomic E-state index is 8.96. The molecule has 0 atom stereocenters. The number of aliphatic hydroxyl groups excluding tert-OH is 1. The van der Waals surface area contributed by atoms with Gasteiger partial charge in [0.15, 0.2) is 0 Å². The minimum atomic E-state index is 0.407. The maximum Gasteiger partial charge on any atom is 0.111 e. The molecule has 0 aromatic carbocycles. The Balaban J connectivity index is 2.64. The molecule has 2 heteroatoms. The number of hydrogen-bond acceptors (Lipinski definition) is 2. The van der Waals surface area contributed by atoms with Crippen LogP contribution >= 0.6 is 0 Å². The highest BCUT2D eigenvalue weighted by Gasteiger charge is 2.09. The lowest BCUT2D eigenvalue weighted by Crippen LogP contribution is -2.10. The SMILES string of the molecule is CC(C)C1=NC=C(O)CC1. The van der Waals surface area contributed by atoms with E-state index in [0.717, 1.165) is 12.8 Å². The highest BCUT2D eigenvalue weighted by atomic mass is 16.3. The van der Waals surface area contributed by atoms with E-state index in [-0.39, 0.29) is 0 Å². The van der Waals surface area contributed by atoms with Crippen molar-refractivity contribution in [2.75, 3.05) is 0 Å². The zero-order chi connectivity index (χ0) is 7.56. The predicted octanol–water partition coefficient (Wildman–Crippen LogP) is 2.28. The lowest BCUT2D eigenvalue weighted by atomic mass is 10.0. The van der Waals surface area contributed by atoms with Crippen molar-refractivity contribution >= 4 is 5.71 Å². The van der Waals surface area contributed by atoms with E-state index in [1.807, 2.05) is 0 Å². The molecule has 1 aliphatic rings. The van der Waals surface area contributed by atoms with Crippen molar-refractivity contribution in [2.45, 2.75) is 26.7 Å². The van der Waals surface area contributed by atoms with Crippen molar-refractivity contribution in [1.82, 2.24) is 0 Å². The molecular weight excluding hydrogens is 126 g/mol. The van der Waals surface area contributed by atoms with E-state index in [2.05, 4.69) is 18.8 Å². The summed E-state index contributed by atoms with van der Waals surface area (Å²) in [6.45, 7) is 4.24. The van der Waals surface area contributed by atoms with E-state index in [1.165, 1.54) is 5.71 Å². The van der Waals surface area contributed by atoms with Gasteiger partial charge in [-0.3, -0.25) is 4.99 Å². The monoisotopic (exact) mass is 139 g/mol. The van der Waals surface area contributed by atoms with Gasteiger partial charge >= 0.3 is 0 Å². The van der Waals surface area contributed by atoms with Gasteiger partial charge in [-0.1, -0.05) is 13.8 Å². The smallest absolute Gasteiger partial charge is 0.111 e. The van der Waals surface area contributed by atoms with Crippen LogP contribution in [0.15, 0.2) is 17.0 Å². The molecule has 2 nitrogen and oxygen atoms in total. The molecule has 0 unspecified atom stereocenters. The van der Waals surface area contributed by atoms with Crippen molar-refractivity contribution < 1.29 is 5.11 Å². The van der Waals surface area contributed by atoms with Gasteiger partial charge in [0.1, 0.15) is 5.76 Å². The van der Waals surface area contributed by atoms with Crippen LogP contribution in [0.5, 0.6) is 0 Å². The van der Waals surface area contributed by atoms with Crippen LogP contribution in [0.2, 0.25) is 0 Å².